The van der Waals surface area contributed by atoms with Crippen LogP contribution < -0.4 is 10.5 Å². The lowest BCUT2D eigenvalue weighted by molar-refractivity contribution is -0.135. The van der Waals surface area contributed by atoms with Crippen LogP contribution in [0, 0.1) is 0 Å². The monoisotopic (exact) mass is 363 g/mol. The summed E-state index contributed by atoms with van der Waals surface area (Å²) >= 11 is 0. The van der Waals surface area contributed by atoms with Crippen LogP contribution in [-0.4, -0.2) is 52.0 Å². The fourth-order valence-corrected chi connectivity index (χ4v) is 3.45. The first kappa shape index (κ1) is 17.2. The number of fused-ring (bicyclic) bond motifs is 1. The number of anilines is 1. The molecule has 1 saturated heterocycles. The SMILES string of the molecule is C[C@@H](C(=O)N1CCN(c2ccccc2)CC1)n1nnc2ccccc2c1=O. The Morgan fingerprint density at radius 3 is 2.37 bits per heavy atom. The van der Waals surface area contributed by atoms with Gasteiger partial charge in [-0.15, -0.1) is 5.10 Å². The summed E-state index contributed by atoms with van der Waals surface area (Å²) in [5, 5.41) is 8.53. The molecule has 0 saturated carbocycles. The average Bonchev–Trinajstić information content (AvgIpc) is 2.74. The summed E-state index contributed by atoms with van der Waals surface area (Å²) < 4.78 is 1.19. The van der Waals surface area contributed by atoms with Gasteiger partial charge < -0.3 is 9.80 Å². The van der Waals surface area contributed by atoms with Gasteiger partial charge in [-0.05, 0) is 31.2 Å². The molecule has 0 bridgehead atoms. The molecule has 138 valence electrons. The number of aromatic nitrogens is 3. The lowest BCUT2D eigenvalue weighted by Crippen LogP contribution is -2.51. The molecular weight excluding hydrogens is 342 g/mol. The zero-order valence-electron chi connectivity index (χ0n) is 15.2. The number of para-hydroxylation sites is 1. The van der Waals surface area contributed by atoms with Gasteiger partial charge in [0.15, 0.2) is 0 Å². The predicted octanol–water partition coefficient (Wildman–Crippen LogP) is 1.70. The van der Waals surface area contributed by atoms with Gasteiger partial charge in [0.05, 0.1) is 5.39 Å². The van der Waals surface area contributed by atoms with Gasteiger partial charge in [-0.2, -0.15) is 4.68 Å². The second-order valence-electron chi connectivity index (χ2n) is 6.68. The van der Waals surface area contributed by atoms with Crippen molar-refractivity contribution >= 4 is 22.5 Å². The Morgan fingerprint density at radius 2 is 1.63 bits per heavy atom. The Kier molecular flexibility index (Phi) is 4.58. The first-order valence-corrected chi connectivity index (χ1v) is 9.08. The van der Waals surface area contributed by atoms with Crippen LogP contribution in [0.15, 0.2) is 59.4 Å². The zero-order valence-corrected chi connectivity index (χ0v) is 15.2. The number of rotatable bonds is 3. The first-order valence-electron chi connectivity index (χ1n) is 9.08. The Labute approximate surface area is 156 Å². The van der Waals surface area contributed by atoms with Crippen molar-refractivity contribution in [3.05, 3.63) is 65.0 Å². The molecule has 7 nitrogen and oxygen atoms in total. The summed E-state index contributed by atoms with van der Waals surface area (Å²) in [6.07, 6.45) is 0. The molecule has 2 aromatic carbocycles. The number of hydrogen-bond donors (Lipinski definition) is 0. The van der Waals surface area contributed by atoms with Gasteiger partial charge in [-0.3, -0.25) is 9.59 Å². The normalized spacial score (nSPS) is 15.7. The lowest BCUT2D eigenvalue weighted by atomic mass is 10.2. The smallest absolute Gasteiger partial charge is 0.278 e. The van der Waals surface area contributed by atoms with Crippen molar-refractivity contribution in [1.29, 1.82) is 0 Å². The number of piperazine rings is 1. The molecule has 1 fully saturated rings. The van der Waals surface area contributed by atoms with E-state index in [0.717, 1.165) is 18.8 Å². The minimum absolute atomic E-state index is 0.102. The van der Waals surface area contributed by atoms with Crippen molar-refractivity contribution in [2.24, 2.45) is 0 Å². The van der Waals surface area contributed by atoms with Crippen LogP contribution in [0.4, 0.5) is 5.69 Å². The fraction of sp³-hybridized carbons (Fsp3) is 0.300. The summed E-state index contributed by atoms with van der Waals surface area (Å²) in [6, 6.07) is 16.5. The number of amides is 1. The van der Waals surface area contributed by atoms with E-state index < -0.39 is 6.04 Å². The molecule has 7 heteroatoms. The topological polar surface area (TPSA) is 71.3 Å². The Morgan fingerprint density at radius 1 is 0.963 bits per heavy atom. The zero-order chi connectivity index (χ0) is 18.8. The van der Waals surface area contributed by atoms with Gasteiger partial charge in [-0.1, -0.05) is 35.5 Å². The molecular formula is C20H21N5O2. The van der Waals surface area contributed by atoms with E-state index in [1.165, 1.54) is 4.68 Å². The molecule has 1 aromatic heterocycles. The molecule has 27 heavy (non-hydrogen) atoms. The lowest BCUT2D eigenvalue weighted by Gasteiger charge is -2.37. The molecule has 0 spiro atoms. The average molecular weight is 363 g/mol. The van der Waals surface area contributed by atoms with Gasteiger partial charge >= 0.3 is 0 Å². The number of carbonyl (C=O) groups excluding carboxylic acids is 1. The van der Waals surface area contributed by atoms with Crippen LogP contribution in [-0.2, 0) is 4.79 Å². The van der Waals surface area contributed by atoms with Crippen LogP contribution in [0.25, 0.3) is 10.9 Å². The first-order chi connectivity index (χ1) is 13.1. The standard InChI is InChI=1S/C20H21N5O2/c1-15(25-20(27)17-9-5-6-10-18(17)21-22-25)19(26)24-13-11-23(12-14-24)16-7-3-2-4-8-16/h2-10,15H,11-14H2,1H3/t15-/m0/s1. The Bertz CT molecular complexity index is 1010. The van der Waals surface area contributed by atoms with Crippen molar-refractivity contribution in [1.82, 2.24) is 19.9 Å². The molecule has 2 heterocycles. The maximum atomic E-state index is 12.9. The Hall–Kier alpha value is -3.22. The van der Waals surface area contributed by atoms with Crippen LogP contribution in [0.2, 0.25) is 0 Å². The summed E-state index contributed by atoms with van der Waals surface area (Å²) in [5.74, 6) is -0.102. The maximum Gasteiger partial charge on any atom is 0.278 e. The van der Waals surface area contributed by atoms with E-state index in [0.29, 0.717) is 24.0 Å². The summed E-state index contributed by atoms with van der Waals surface area (Å²) in [6.45, 7) is 4.47. The van der Waals surface area contributed by atoms with Gasteiger partial charge in [0.2, 0.25) is 5.91 Å². The van der Waals surface area contributed by atoms with Crippen LogP contribution in [0.1, 0.15) is 13.0 Å². The van der Waals surface area contributed by atoms with E-state index in [1.807, 2.05) is 24.3 Å². The minimum atomic E-state index is -0.683. The molecule has 1 aliphatic rings. The second-order valence-corrected chi connectivity index (χ2v) is 6.68. The molecule has 4 rings (SSSR count). The molecule has 0 aliphatic carbocycles. The minimum Gasteiger partial charge on any atom is -0.368 e. The van der Waals surface area contributed by atoms with Crippen LogP contribution in [0.3, 0.4) is 0 Å². The summed E-state index contributed by atoms with van der Waals surface area (Å²) in [7, 11) is 0. The van der Waals surface area contributed by atoms with Crippen LogP contribution >= 0.6 is 0 Å². The quantitative estimate of drug-likeness (QED) is 0.708. The van der Waals surface area contributed by atoms with Gasteiger partial charge in [0.1, 0.15) is 11.6 Å². The Balaban J connectivity index is 1.49. The molecule has 1 aliphatic heterocycles. The second kappa shape index (κ2) is 7.19. The highest BCUT2D eigenvalue weighted by atomic mass is 16.2. The highest BCUT2D eigenvalue weighted by Crippen LogP contribution is 2.17. The fourth-order valence-electron chi connectivity index (χ4n) is 3.45. The van der Waals surface area contributed by atoms with Crippen molar-refractivity contribution in [3.63, 3.8) is 0 Å². The molecule has 1 amide bonds. The number of benzene rings is 2. The summed E-state index contributed by atoms with van der Waals surface area (Å²) in [4.78, 5) is 29.6. The van der Waals surface area contributed by atoms with E-state index in [1.54, 1.807) is 30.0 Å². The van der Waals surface area contributed by atoms with Gasteiger partial charge in [0.25, 0.3) is 5.56 Å². The molecule has 0 N–H and O–H groups in total. The van der Waals surface area contributed by atoms with E-state index in [2.05, 4.69) is 27.3 Å². The number of hydrogen-bond acceptors (Lipinski definition) is 5. The van der Waals surface area contributed by atoms with E-state index in [-0.39, 0.29) is 11.5 Å². The third kappa shape index (κ3) is 3.28. The van der Waals surface area contributed by atoms with Crippen molar-refractivity contribution in [2.45, 2.75) is 13.0 Å². The highest BCUT2D eigenvalue weighted by molar-refractivity contribution is 5.81. The van der Waals surface area contributed by atoms with Gasteiger partial charge in [-0.25, -0.2) is 0 Å². The van der Waals surface area contributed by atoms with Crippen molar-refractivity contribution in [2.75, 3.05) is 31.1 Å². The van der Waals surface area contributed by atoms with Crippen LogP contribution in [0.5, 0.6) is 0 Å². The summed E-state index contributed by atoms with van der Waals surface area (Å²) in [5.41, 5.74) is 1.41. The third-order valence-corrected chi connectivity index (χ3v) is 5.03. The van der Waals surface area contributed by atoms with Gasteiger partial charge in [0, 0.05) is 31.9 Å². The predicted molar refractivity (Wildman–Crippen MR) is 104 cm³/mol. The van der Waals surface area contributed by atoms with E-state index >= 15 is 0 Å². The van der Waals surface area contributed by atoms with Crippen molar-refractivity contribution < 1.29 is 4.79 Å². The largest absolute Gasteiger partial charge is 0.368 e. The molecule has 0 unspecified atom stereocenters. The van der Waals surface area contributed by atoms with E-state index in [4.69, 9.17) is 0 Å². The third-order valence-electron chi connectivity index (χ3n) is 5.03. The number of carbonyl (C=O) groups is 1. The maximum absolute atomic E-state index is 12.9. The van der Waals surface area contributed by atoms with Crippen molar-refractivity contribution in [3.8, 4) is 0 Å². The highest BCUT2D eigenvalue weighted by Gasteiger charge is 2.27. The molecule has 1 atom stereocenters. The molecule has 0 radical (unpaired) electrons. The number of nitrogens with zero attached hydrogens (tertiary/aromatic N) is 5. The molecule has 3 aromatic rings. The van der Waals surface area contributed by atoms with E-state index in [9.17, 15) is 9.59 Å².